The van der Waals surface area contributed by atoms with Crippen LogP contribution in [-0.2, 0) is 17.9 Å². The average molecular weight is 773 g/mol. The summed E-state index contributed by atoms with van der Waals surface area (Å²) in [6, 6.07) is 31.8. The lowest BCUT2D eigenvalue weighted by atomic mass is 10.0. The molecule has 1 fully saturated rings. The predicted molar refractivity (Wildman–Crippen MR) is 216 cm³/mol. The normalized spacial score (nSPS) is 13.7. The second-order valence-corrected chi connectivity index (χ2v) is 14.0. The fourth-order valence-electron chi connectivity index (χ4n) is 5.94. The summed E-state index contributed by atoms with van der Waals surface area (Å²) >= 11 is 12.8. The van der Waals surface area contributed by atoms with Crippen molar-refractivity contribution in [3.63, 3.8) is 0 Å². The molecule has 1 atom stereocenters. The fraction of sp³-hybridized carbons (Fsp3) is 0.256. The third-order valence-electron chi connectivity index (χ3n) is 9.10. The quantitative estimate of drug-likeness (QED) is 0.111. The smallest absolute Gasteiger partial charge is 0.246 e. The Hall–Kier alpha value is -4.53. The molecule has 10 heteroatoms. The number of aryl methyl sites for hydroxylation is 2. The first kappa shape index (κ1) is 39.7. The molecule has 6 rings (SSSR count). The van der Waals surface area contributed by atoms with Gasteiger partial charge in [0.15, 0.2) is 5.75 Å². The van der Waals surface area contributed by atoms with Crippen LogP contribution >= 0.6 is 35.6 Å². The number of pyridine rings is 1. The Morgan fingerprint density at radius 2 is 1.57 bits per heavy atom. The van der Waals surface area contributed by atoms with E-state index in [1.165, 1.54) is 16.7 Å². The van der Waals surface area contributed by atoms with E-state index in [0.29, 0.717) is 53.7 Å². The maximum atomic E-state index is 13.1. The van der Waals surface area contributed by atoms with Crippen LogP contribution in [0.2, 0.25) is 10.0 Å². The number of benzene rings is 4. The Morgan fingerprint density at radius 1 is 0.849 bits per heavy atom. The summed E-state index contributed by atoms with van der Waals surface area (Å²) in [5, 5.41) is 1.08. The Kier molecular flexibility index (Phi) is 14.2. The van der Waals surface area contributed by atoms with E-state index in [9.17, 15) is 4.79 Å². The first-order chi connectivity index (χ1) is 25.2. The molecule has 1 saturated heterocycles. The zero-order valence-electron chi connectivity index (χ0n) is 30.1. The molecule has 1 amide bonds. The summed E-state index contributed by atoms with van der Waals surface area (Å²) in [4.78, 5) is 21.7. The molecule has 0 bridgehead atoms. The third kappa shape index (κ3) is 11.2. The van der Waals surface area contributed by atoms with E-state index in [-0.39, 0.29) is 24.2 Å². The van der Waals surface area contributed by atoms with Crippen LogP contribution in [0.25, 0.3) is 6.08 Å². The molecule has 4 aromatic carbocycles. The summed E-state index contributed by atoms with van der Waals surface area (Å²) < 4.78 is 17.8. The number of piperazine rings is 1. The summed E-state index contributed by atoms with van der Waals surface area (Å²) in [6.07, 6.45) is 5.02. The number of hydrogen-bond acceptors (Lipinski definition) is 6. The molecule has 5 aromatic rings. The molecule has 0 N–H and O–H groups in total. The molecule has 1 aromatic heterocycles. The first-order valence-corrected chi connectivity index (χ1v) is 18.2. The lowest BCUT2D eigenvalue weighted by molar-refractivity contribution is -0.127. The van der Waals surface area contributed by atoms with Crippen LogP contribution in [0.4, 0.5) is 0 Å². The Balaban J connectivity index is 0.00000541. The molecule has 0 radical (unpaired) electrons. The van der Waals surface area contributed by atoms with E-state index in [1.807, 2.05) is 54.3 Å². The number of rotatable bonds is 13. The minimum Gasteiger partial charge on any atom is -0.493 e. The van der Waals surface area contributed by atoms with Crippen molar-refractivity contribution in [3.8, 4) is 23.1 Å². The highest BCUT2D eigenvalue weighted by molar-refractivity contribution is 6.32. The van der Waals surface area contributed by atoms with Crippen molar-refractivity contribution in [2.75, 3.05) is 32.8 Å². The zero-order chi connectivity index (χ0) is 36.5. The standard InChI is InChI=1S/C43H43Cl2N3O4.ClH/c1-30-8-15-37(16-9-30)50-28-32(3)35-13-10-33(11-14-35)27-47-20-22-48(23-21-47)42(49)19-12-34-24-31(2)43(40(45)25-34)52-41-18-17-38(26-46-41)51-29-36-6-4-5-7-39(36)44;/h4-19,24-26,32H,20-23,27-29H2,1-3H3;1H. The average Bonchev–Trinajstić information content (AvgIpc) is 3.16. The molecule has 1 aliphatic rings. The molecule has 276 valence electrons. The van der Waals surface area contributed by atoms with Crippen LogP contribution in [0.3, 0.4) is 0 Å². The summed E-state index contributed by atoms with van der Waals surface area (Å²) in [6.45, 7) is 11.0. The van der Waals surface area contributed by atoms with Crippen molar-refractivity contribution in [2.24, 2.45) is 0 Å². The maximum Gasteiger partial charge on any atom is 0.246 e. The minimum atomic E-state index is -0.0130. The molecular weight excluding hydrogens is 729 g/mol. The molecule has 1 unspecified atom stereocenters. The molecule has 7 nitrogen and oxygen atoms in total. The van der Waals surface area contributed by atoms with E-state index >= 15 is 0 Å². The topological polar surface area (TPSA) is 64.1 Å². The van der Waals surface area contributed by atoms with Gasteiger partial charge in [0.2, 0.25) is 11.8 Å². The second-order valence-electron chi connectivity index (χ2n) is 13.2. The lowest BCUT2D eigenvalue weighted by Gasteiger charge is -2.34. The van der Waals surface area contributed by atoms with Crippen LogP contribution in [0.5, 0.6) is 23.1 Å². The van der Waals surface area contributed by atoms with E-state index in [0.717, 1.165) is 42.1 Å². The van der Waals surface area contributed by atoms with E-state index in [4.69, 9.17) is 37.4 Å². The van der Waals surface area contributed by atoms with Crippen molar-refractivity contribution in [1.29, 1.82) is 0 Å². The van der Waals surface area contributed by atoms with Crippen molar-refractivity contribution in [3.05, 3.63) is 153 Å². The van der Waals surface area contributed by atoms with Gasteiger partial charge in [-0.1, -0.05) is 90.3 Å². The van der Waals surface area contributed by atoms with Crippen LogP contribution in [0.15, 0.2) is 109 Å². The number of carbonyl (C=O) groups excluding carboxylic acids is 1. The molecule has 0 saturated carbocycles. The number of nitrogens with zero attached hydrogens (tertiary/aromatic N) is 3. The number of aromatic nitrogens is 1. The van der Waals surface area contributed by atoms with Gasteiger partial charge in [-0.3, -0.25) is 9.69 Å². The highest BCUT2D eigenvalue weighted by atomic mass is 35.5. The van der Waals surface area contributed by atoms with Crippen LogP contribution in [0.1, 0.15) is 46.2 Å². The molecular formula is C43H44Cl3N3O4. The summed E-state index contributed by atoms with van der Waals surface area (Å²) in [5.74, 6) is 2.67. The molecule has 53 heavy (non-hydrogen) atoms. The number of hydrogen-bond donors (Lipinski definition) is 0. The maximum absolute atomic E-state index is 13.1. The Morgan fingerprint density at radius 3 is 2.25 bits per heavy atom. The van der Waals surface area contributed by atoms with Gasteiger partial charge >= 0.3 is 0 Å². The number of ether oxygens (including phenoxy) is 3. The number of carbonyl (C=O) groups is 1. The van der Waals surface area contributed by atoms with E-state index < -0.39 is 0 Å². The first-order valence-electron chi connectivity index (χ1n) is 17.5. The number of halogens is 3. The second kappa shape index (κ2) is 19.0. The van der Waals surface area contributed by atoms with Gasteiger partial charge in [-0.15, -0.1) is 12.4 Å². The predicted octanol–water partition coefficient (Wildman–Crippen LogP) is 10.3. The van der Waals surface area contributed by atoms with Crippen LogP contribution < -0.4 is 14.2 Å². The van der Waals surface area contributed by atoms with Gasteiger partial charge in [0.1, 0.15) is 18.1 Å². The van der Waals surface area contributed by atoms with Gasteiger partial charge in [-0.2, -0.15) is 0 Å². The van der Waals surface area contributed by atoms with Crippen molar-refractivity contribution in [1.82, 2.24) is 14.8 Å². The van der Waals surface area contributed by atoms with Crippen molar-refractivity contribution in [2.45, 2.75) is 39.8 Å². The van der Waals surface area contributed by atoms with Gasteiger partial charge < -0.3 is 19.1 Å². The van der Waals surface area contributed by atoms with Crippen molar-refractivity contribution >= 4 is 47.6 Å². The van der Waals surface area contributed by atoms with E-state index in [2.05, 4.69) is 60.1 Å². The third-order valence-corrected chi connectivity index (χ3v) is 9.75. The molecule has 2 heterocycles. The minimum absolute atomic E-state index is 0. The monoisotopic (exact) mass is 771 g/mol. The number of amides is 1. The highest BCUT2D eigenvalue weighted by Crippen LogP contribution is 2.34. The summed E-state index contributed by atoms with van der Waals surface area (Å²) in [7, 11) is 0. The van der Waals surface area contributed by atoms with E-state index in [1.54, 1.807) is 36.5 Å². The van der Waals surface area contributed by atoms with Gasteiger partial charge in [0, 0.05) is 61.4 Å². The molecule has 0 aliphatic carbocycles. The Labute approximate surface area is 328 Å². The van der Waals surface area contributed by atoms with Crippen molar-refractivity contribution < 1.29 is 19.0 Å². The van der Waals surface area contributed by atoms with Gasteiger partial charge in [0.25, 0.3) is 0 Å². The lowest BCUT2D eigenvalue weighted by Crippen LogP contribution is -2.47. The SMILES string of the molecule is Cc1ccc(OCC(C)c2ccc(CN3CCN(C(=O)C=Cc4cc(C)c(Oc5ccc(OCc6ccccc6Cl)cn5)c(Cl)c4)CC3)cc2)cc1.Cl. The highest BCUT2D eigenvalue weighted by Gasteiger charge is 2.20. The van der Waals surface area contributed by atoms with Gasteiger partial charge in [-0.05, 0) is 78.6 Å². The summed E-state index contributed by atoms with van der Waals surface area (Å²) in [5.41, 5.74) is 6.29. The van der Waals surface area contributed by atoms with Gasteiger partial charge in [-0.25, -0.2) is 4.98 Å². The molecule has 0 spiro atoms. The largest absolute Gasteiger partial charge is 0.493 e. The van der Waals surface area contributed by atoms with Gasteiger partial charge in [0.05, 0.1) is 17.8 Å². The Bertz CT molecular complexity index is 1960. The van der Waals surface area contributed by atoms with Crippen LogP contribution in [-0.4, -0.2) is 53.5 Å². The fourth-order valence-corrected chi connectivity index (χ4v) is 6.44. The zero-order valence-corrected chi connectivity index (χ0v) is 32.5. The van der Waals surface area contributed by atoms with Crippen LogP contribution in [0, 0.1) is 13.8 Å². The molecule has 1 aliphatic heterocycles.